The van der Waals surface area contributed by atoms with Crippen LogP contribution >= 0.6 is 0 Å². The molecule has 0 atom stereocenters. The number of guanidine groups is 1. The molecule has 0 unspecified atom stereocenters. The summed E-state index contributed by atoms with van der Waals surface area (Å²) in [6.07, 6.45) is 1.67. The number of hydrogen-bond acceptors (Lipinski definition) is 2. The van der Waals surface area contributed by atoms with Gasteiger partial charge < -0.3 is 10.6 Å². The molecule has 1 aromatic rings. The third-order valence-corrected chi connectivity index (χ3v) is 1.32. The molecule has 0 saturated carbocycles. The molecule has 0 aliphatic carbocycles. The summed E-state index contributed by atoms with van der Waals surface area (Å²) in [6, 6.07) is 1.80. The molecule has 0 aromatic carbocycles. The molecule has 0 fully saturated rings. The van der Waals surface area contributed by atoms with Crippen molar-refractivity contribution in [2.45, 2.75) is 0 Å². The minimum absolute atomic E-state index is 0.258. The van der Waals surface area contributed by atoms with E-state index in [1.807, 2.05) is 7.05 Å². The van der Waals surface area contributed by atoms with Crippen LogP contribution in [0.2, 0.25) is 0 Å². The standard InChI is InChI=1S/C6H11N5/c1-8-6(7)10-5-3-4-9-11(5)2/h3-4H,1-2H3,(H3,7,8,10). The first kappa shape index (κ1) is 7.59. The van der Waals surface area contributed by atoms with Crippen LogP contribution in [0.5, 0.6) is 0 Å². The summed E-state index contributed by atoms with van der Waals surface area (Å²) >= 11 is 0. The molecule has 0 aliphatic heterocycles. The zero-order valence-corrected chi connectivity index (χ0v) is 6.55. The van der Waals surface area contributed by atoms with Crippen LogP contribution in [-0.2, 0) is 7.05 Å². The lowest BCUT2D eigenvalue weighted by molar-refractivity contribution is 0.776. The van der Waals surface area contributed by atoms with Gasteiger partial charge in [-0.1, -0.05) is 0 Å². The van der Waals surface area contributed by atoms with Gasteiger partial charge in [0.1, 0.15) is 5.82 Å². The highest BCUT2D eigenvalue weighted by molar-refractivity contribution is 5.89. The molecule has 0 bridgehead atoms. The van der Waals surface area contributed by atoms with Gasteiger partial charge in [-0.25, -0.2) is 0 Å². The van der Waals surface area contributed by atoms with E-state index in [2.05, 4.69) is 15.7 Å². The van der Waals surface area contributed by atoms with Crippen molar-refractivity contribution in [3.8, 4) is 0 Å². The lowest BCUT2D eigenvalue weighted by Crippen LogP contribution is -2.26. The minimum atomic E-state index is 0.258. The molecule has 0 saturated heterocycles. The number of rotatable bonds is 1. The second-order valence-corrected chi connectivity index (χ2v) is 2.09. The van der Waals surface area contributed by atoms with Crippen LogP contribution in [0, 0.1) is 5.41 Å². The second kappa shape index (κ2) is 3.05. The number of hydrogen-bond donors (Lipinski definition) is 3. The fraction of sp³-hybridized carbons (Fsp3) is 0.333. The summed E-state index contributed by atoms with van der Waals surface area (Å²) < 4.78 is 1.66. The Morgan fingerprint density at radius 1 is 1.73 bits per heavy atom. The monoisotopic (exact) mass is 153 g/mol. The minimum Gasteiger partial charge on any atom is -0.359 e. The highest BCUT2D eigenvalue weighted by atomic mass is 15.3. The van der Waals surface area contributed by atoms with Gasteiger partial charge in [0, 0.05) is 20.2 Å². The summed E-state index contributed by atoms with van der Waals surface area (Å²) in [5.74, 6) is 1.05. The molecule has 5 heteroatoms. The quantitative estimate of drug-likeness (QED) is 0.392. The van der Waals surface area contributed by atoms with E-state index < -0.39 is 0 Å². The maximum Gasteiger partial charge on any atom is 0.193 e. The van der Waals surface area contributed by atoms with E-state index >= 15 is 0 Å². The van der Waals surface area contributed by atoms with Gasteiger partial charge in [0.05, 0.1) is 6.20 Å². The normalized spacial score (nSPS) is 9.27. The first-order valence-electron chi connectivity index (χ1n) is 3.25. The Morgan fingerprint density at radius 2 is 2.45 bits per heavy atom. The molecule has 1 aromatic heterocycles. The summed E-state index contributed by atoms with van der Waals surface area (Å²) in [4.78, 5) is 0. The van der Waals surface area contributed by atoms with Crippen LogP contribution in [0.1, 0.15) is 0 Å². The molecule has 60 valence electrons. The van der Waals surface area contributed by atoms with Crippen LogP contribution in [0.4, 0.5) is 5.82 Å². The zero-order chi connectivity index (χ0) is 8.27. The molecule has 3 N–H and O–H groups in total. The van der Waals surface area contributed by atoms with Gasteiger partial charge >= 0.3 is 0 Å². The first-order valence-corrected chi connectivity index (χ1v) is 3.25. The van der Waals surface area contributed by atoms with Crippen molar-refractivity contribution in [2.24, 2.45) is 7.05 Å². The Bertz CT molecular complexity index is 251. The topological polar surface area (TPSA) is 65.7 Å². The maximum atomic E-state index is 7.25. The summed E-state index contributed by atoms with van der Waals surface area (Å²) in [5, 5.41) is 16.7. The largest absolute Gasteiger partial charge is 0.359 e. The van der Waals surface area contributed by atoms with E-state index in [0.717, 1.165) is 5.82 Å². The van der Waals surface area contributed by atoms with Gasteiger partial charge in [-0.2, -0.15) is 5.10 Å². The molecular weight excluding hydrogens is 142 g/mol. The number of aromatic nitrogens is 2. The Morgan fingerprint density at radius 3 is 2.91 bits per heavy atom. The van der Waals surface area contributed by atoms with Crippen LogP contribution in [0.3, 0.4) is 0 Å². The highest BCUT2D eigenvalue weighted by Crippen LogP contribution is 2.01. The molecular formula is C6H11N5. The molecule has 0 amide bonds. The van der Waals surface area contributed by atoms with Crippen LogP contribution in [0.15, 0.2) is 12.3 Å². The summed E-state index contributed by atoms with van der Waals surface area (Å²) in [6.45, 7) is 0. The number of nitrogens with zero attached hydrogens (tertiary/aromatic N) is 2. The van der Waals surface area contributed by atoms with Crippen molar-refractivity contribution in [1.82, 2.24) is 15.1 Å². The molecule has 5 nitrogen and oxygen atoms in total. The number of nitrogens with one attached hydrogen (secondary N) is 3. The average Bonchev–Trinajstić information content (AvgIpc) is 2.37. The Kier molecular flexibility index (Phi) is 2.10. The maximum absolute atomic E-state index is 7.25. The van der Waals surface area contributed by atoms with Gasteiger partial charge in [-0.15, -0.1) is 0 Å². The highest BCUT2D eigenvalue weighted by Gasteiger charge is 1.97. The Balaban J connectivity index is 2.64. The van der Waals surface area contributed by atoms with E-state index in [4.69, 9.17) is 5.41 Å². The third-order valence-electron chi connectivity index (χ3n) is 1.32. The van der Waals surface area contributed by atoms with Crippen molar-refractivity contribution in [3.63, 3.8) is 0 Å². The predicted octanol–water partition coefficient (Wildman–Crippen LogP) is -0.0138. The second-order valence-electron chi connectivity index (χ2n) is 2.09. The fourth-order valence-electron chi connectivity index (χ4n) is 0.687. The van der Waals surface area contributed by atoms with E-state index in [-0.39, 0.29) is 5.96 Å². The number of anilines is 1. The van der Waals surface area contributed by atoms with Crippen LogP contribution < -0.4 is 10.6 Å². The molecule has 0 aliphatic rings. The fourth-order valence-corrected chi connectivity index (χ4v) is 0.687. The smallest absolute Gasteiger partial charge is 0.193 e. The van der Waals surface area contributed by atoms with Crippen LogP contribution in [0.25, 0.3) is 0 Å². The van der Waals surface area contributed by atoms with Crippen molar-refractivity contribution in [2.75, 3.05) is 12.4 Å². The zero-order valence-electron chi connectivity index (χ0n) is 6.55. The van der Waals surface area contributed by atoms with Crippen molar-refractivity contribution < 1.29 is 0 Å². The van der Waals surface area contributed by atoms with Gasteiger partial charge in [0.25, 0.3) is 0 Å². The molecule has 0 spiro atoms. The van der Waals surface area contributed by atoms with E-state index in [0.29, 0.717) is 0 Å². The van der Waals surface area contributed by atoms with Crippen molar-refractivity contribution in [1.29, 1.82) is 5.41 Å². The Labute approximate surface area is 64.9 Å². The van der Waals surface area contributed by atoms with Crippen molar-refractivity contribution >= 4 is 11.8 Å². The lowest BCUT2D eigenvalue weighted by Gasteiger charge is -2.05. The van der Waals surface area contributed by atoms with Crippen LogP contribution in [-0.4, -0.2) is 22.8 Å². The van der Waals surface area contributed by atoms with Crippen molar-refractivity contribution in [3.05, 3.63) is 12.3 Å². The lowest BCUT2D eigenvalue weighted by atomic mass is 10.6. The molecule has 11 heavy (non-hydrogen) atoms. The SMILES string of the molecule is CNC(=N)Nc1ccnn1C. The van der Waals surface area contributed by atoms with Gasteiger partial charge in [0.2, 0.25) is 0 Å². The molecule has 1 heterocycles. The van der Waals surface area contributed by atoms with Gasteiger partial charge in [-0.3, -0.25) is 10.1 Å². The third kappa shape index (κ3) is 1.70. The summed E-state index contributed by atoms with van der Waals surface area (Å²) in [7, 11) is 3.50. The first-order chi connectivity index (χ1) is 5.24. The average molecular weight is 153 g/mol. The van der Waals surface area contributed by atoms with E-state index in [9.17, 15) is 0 Å². The van der Waals surface area contributed by atoms with E-state index in [1.54, 1.807) is 24.0 Å². The predicted molar refractivity (Wildman–Crippen MR) is 43.6 cm³/mol. The summed E-state index contributed by atoms with van der Waals surface area (Å²) in [5.41, 5.74) is 0. The number of aryl methyl sites for hydroxylation is 1. The van der Waals surface area contributed by atoms with Gasteiger partial charge in [0.15, 0.2) is 5.96 Å². The van der Waals surface area contributed by atoms with Gasteiger partial charge in [-0.05, 0) is 0 Å². The van der Waals surface area contributed by atoms with E-state index in [1.165, 1.54) is 0 Å². The molecule has 1 rings (SSSR count). The molecule has 0 radical (unpaired) electrons. The Hall–Kier alpha value is -1.52.